The summed E-state index contributed by atoms with van der Waals surface area (Å²) in [5.74, 6) is 0.439. The number of aryl methyl sites for hydroxylation is 2. The summed E-state index contributed by atoms with van der Waals surface area (Å²) in [5.41, 5.74) is 9.31. The predicted molar refractivity (Wildman–Crippen MR) is 131 cm³/mol. The molecule has 1 aliphatic rings. The van der Waals surface area contributed by atoms with Crippen LogP contribution < -0.4 is 5.73 Å². The van der Waals surface area contributed by atoms with Gasteiger partial charge in [-0.15, -0.1) is 10.2 Å². The molecule has 33 heavy (non-hydrogen) atoms. The van der Waals surface area contributed by atoms with Gasteiger partial charge < -0.3 is 10.6 Å². The van der Waals surface area contributed by atoms with E-state index in [0.717, 1.165) is 22.4 Å². The van der Waals surface area contributed by atoms with E-state index in [1.807, 2.05) is 42.7 Å². The number of piperidine rings is 1. The van der Waals surface area contributed by atoms with Crippen LogP contribution in [0.3, 0.4) is 0 Å². The molecule has 0 saturated carbocycles. The monoisotopic (exact) mass is 483 g/mol. The Morgan fingerprint density at radius 3 is 2.55 bits per heavy atom. The molecule has 1 aliphatic heterocycles. The summed E-state index contributed by atoms with van der Waals surface area (Å²) in [6.07, 6.45) is 1.22. The third kappa shape index (κ3) is 5.07. The molecule has 172 valence electrons. The zero-order valence-corrected chi connectivity index (χ0v) is 20.2. The molecule has 0 aliphatic carbocycles. The van der Waals surface area contributed by atoms with Crippen LogP contribution in [0.2, 0.25) is 5.02 Å². The molecular weight excluding hydrogens is 458 g/mol. The zero-order valence-electron chi connectivity index (χ0n) is 18.6. The third-order valence-corrected chi connectivity index (χ3v) is 7.17. The Bertz CT molecular complexity index is 1190. The van der Waals surface area contributed by atoms with Crippen molar-refractivity contribution in [1.82, 2.24) is 19.7 Å². The van der Waals surface area contributed by atoms with Crippen molar-refractivity contribution in [1.29, 1.82) is 0 Å². The number of hydrogen-bond donors (Lipinski definition) is 1. The first-order chi connectivity index (χ1) is 15.8. The van der Waals surface area contributed by atoms with E-state index < -0.39 is 0 Å². The van der Waals surface area contributed by atoms with Gasteiger partial charge in [-0.05, 0) is 56.0 Å². The summed E-state index contributed by atoms with van der Waals surface area (Å²) >= 11 is 7.83. The number of primary amides is 1. The van der Waals surface area contributed by atoms with Gasteiger partial charge in [-0.3, -0.25) is 14.2 Å². The smallest absolute Gasteiger partial charge is 0.233 e. The highest BCUT2D eigenvalue weighted by molar-refractivity contribution is 7.99. The van der Waals surface area contributed by atoms with Crippen molar-refractivity contribution in [3.05, 3.63) is 58.6 Å². The lowest BCUT2D eigenvalue weighted by Crippen LogP contribution is -2.42. The first-order valence-corrected chi connectivity index (χ1v) is 12.2. The van der Waals surface area contributed by atoms with Crippen molar-refractivity contribution in [2.75, 3.05) is 18.8 Å². The first-order valence-electron chi connectivity index (χ1n) is 10.8. The number of carbonyl (C=O) groups is 2. The van der Waals surface area contributed by atoms with E-state index in [9.17, 15) is 9.59 Å². The number of halogens is 1. The van der Waals surface area contributed by atoms with Crippen LogP contribution in [-0.4, -0.2) is 50.3 Å². The standard InChI is InChI=1S/C24H26ClN5O2S/c1-15-7-8-16(2)20(13-15)30-23(18-5-3-4-6-19(18)25)27-28-24(30)33-14-21(31)29-11-9-17(10-12-29)22(26)32/h3-8,13,17H,9-12,14H2,1-2H3,(H2,26,32). The maximum Gasteiger partial charge on any atom is 0.233 e. The lowest BCUT2D eigenvalue weighted by molar-refractivity contribution is -0.132. The summed E-state index contributed by atoms with van der Waals surface area (Å²) < 4.78 is 1.97. The molecule has 2 heterocycles. The van der Waals surface area contributed by atoms with E-state index in [4.69, 9.17) is 17.3 Å². The maximum atomic E-state index is 12.9. The van der Waals surface area contributed by atoms with Gasteiger partial charge in [0, 0.05) is 24.6 Å². The zero-order chi connectivity index (χ0) is 23.5. The largest absolute Gasteiger partial charge is 0.369 e. The van der Waals surface area contributed by atoms with Crippen molar-refractivity contribution in [2.24, 2.45) is 11.7 Å². The average Bonchev–Trinajstić information content (AvgIpc) is 3.22. The van der Waals surface area contributed by atoms with Crippen molar-refractivity contribution in [3.63, 3.8) is 0 Å². The molecule has 4 rings (SSSR count). The van der Waals surface area contributed by atoms with Gasteiger partial charge in [0.1, 0.15) is 0 Å². The lowest BCUT2D eigenvalue weighted by Gasteiger charge is -2.30. The number of thioether (sulfide) groups is 1. The third-order valence-electron chi connectivity index (χ3n) is 5.93. The fourth-order valence-corrected chi connectivity index (χ4v) is 5.06. The molecular formula is C24H26ClN5O2S. The lowest BCUT2D eigenvalue weighted by atomic mass is 9.96. The molecule has 0 radical (unpaired) electrons. The molecule has 1 saturated heterocycles. The van der Waals surface area contributed by atoms with Gasteiger partial charge in [0.05, 0.1) is 16.5 Å². The molecule has 7 nitrogen and oxygen atoms in total. The Morgan fingerprint density at radius 1 is 1.12 bits per heavy atom. The van der Waals surface area contributed by atoms with Crippen LogP contribution >= 0.6 is 23.4 Å². The van der Waals surface area contributed by atoms with Gasteiger partial charge in [0.15, 0.2) is 11.0 Å². The summed E-state index contributed by atoms with van der Waals surface area (Å²) in [5, 5.41) is 10.1. The van der Waals surface area contributed by atoms with Crippen LogP contribution in [0, 0.1) is 19.8 Å². The normalized spacial score (nSPS) is 14.5. The van der Waals surface area contributed by atoms with Crippen molar-refractivity contribution < 1.29 is 9.59 Å². The van der Waals surface area contributed by atoms with Crippen molar-refractivity contribution in [3.8, 4) is 17.1 Å². The minimum Gasteiger partial charge on any atom is -0.369 e. The van der Waals surface area contributed by atoms with Gasteiger partial charge in [-0.25, -0.2) is 0 Å². The van der Waals surface area contributed by atoms with Crippen LogP contribution in [0.4, 0.5) is 0 Å². The Kier molecular flexibility index (Phi) is 7.05. The second-order valence-electron chi connectivity index (χ2n) is 8.26. The Balaban J connectivity index is 1.61. The minimum absolute atomic E-state index is 0.0118. The van der Waals surface area contributed by atoms with Gasteiger partial charge in [-0.1, -0.05) is 47.6 Å². The van der Waals surface area contributed by atoms with E-state index in [-0.39, 0.29) is 23.5 Å². The van der Waals surface area contributed by atoms with Crippen LogP contribution in [0.5, 0.6) is 0 Å². The van der Waals surface area contributed by atoms with Crippen molar-refractivity contribution >= 4 is 35.2 Å². The fraction of sp³-hybridized carbons (Fsp3) is 0.333. The number of nitrogens with zero attached hydrogens (tertiary/aromatic N) is 4. The van der Waals surface area contributed by atoms with Gasteiger partial charge >= 0.3 is 0 Å². The van der Waals surface area contributed by atoms with E-state index in [2.05, 4.69) is 28.4 Å². The Hall–Kier alpha value is -2.84. The molecule has 3 aromatic rings. The SMILES string of the molecule is Cc1ccc(C)c(-n2c(SCC(=O)N3CCC(C(N)=O)CC3)nnc2-c2ccccc2Cl)c1. The molecule has 1 aromatic heterocycles. The minimum atomic E-state index is -0.287. The second kappa shape index (κ2) is 9.97. The molecule has 1 fully saturated rings. The van der Waals surface area contributed by atoms with Crippen LogP contribution in [-0.2, 0) is 9.59 Å². The maximum absolute atomic E-state index is 12.9. The van der Waals surface area contributed by atoms with E-state index in [0.29, 0.717) is 41.9 Å². The number of likely N-dealkylation sites (tertiary alicyclic amines) is 1. The second-order valence-corrected chi connectivity index (χ2v) is 9.61. The topological polar surface area (TPSA) is 94.1 Å². The molecule has 0 bridgehead atoms. The molecule has 2 amide bonds. The van der Waals surface area contributed by atoms with Gasteiger partial charge in [-0.2, -0.15) is 0 Å². The number of benzene rings is 2. The molecule has 0 unspecified atom stereocenters. The highest BCUT2D eigenvalue weighted by Gasteiger charge is 2.27. The number of rotatable bonds is 6. The first kappa shape index (κ1) is 23.3. The Morgan fingerprint density at radius 2 is 1.85 bits per heavy atom. The highest BCUT2D eigenvalue weighted by atomic mass is 35.5. The average molecular weight is 484 g/mol. The van der Waals surface area contributed by atoms with E-state index in [1.165, 1.54) is 11.8 Å². The molecule has 9 heteroatoms. The predicted octanol–water partition coefficient (Wildman–Crippen LogP) is 4.02. The van der Waals surface area contributed by atoms with Crippen LogP contribution in [0.1, 0.15) is 24.0 Å². The van der Waals surface area contributed by atoms with Crippen molar-refractivity contribution in [2.45, 2.75) is 31.8 Å². The summed E-state index contributed by atoms with van der Waals surface area (Å²) in [4.78, 5) is 26.0. The summed E-state index contributed by atoms with van der Waals surface area (Å²) in [6, 6.07) is 13.7. The number of hydrogen-bond acceptors (Lipinski definition) is 5. The fourth-order valence-electron chi connectivity index (χ4n) is 3.99. The van der Waals surface area contributed by atoms with E-state index >= 15 is 0 Å². The molecule has 0 atom stereocenters. The number of nitrogens with two attached hydrogens (primary N) is 1. The highest BCUT2D eigenvalue weighted by Crippen LogP contribution is 2.33. The number of carbonyl (C=O) groups excluding carboxylic acids is 2. The Labute approximate surface area is 202 Å². The summed E-state index contributed by atoms with van der Waals surface area (Å²) in [6.45, 7) is 5.16. The number of aromatic nitrogens is 3. The summed E-state index contributed by atoms with van der Waals surface area (Å²) in [7, 11) is 0. The molecule has 0 spiro atoms. The molecule has 2 aromatic carbocycles. The molecule has 2 N–H and O–H groups in total. The van der Waals surface area contributed by atoms with E-state index in [1.54, 1.807) is 4.90 Å². The van der Waals surface area contributed by atoms with Gasteiger partial charge in [0.25, 0.3) is 0 Å². The van der Waals surface area contributed by atoms with Gasteiger partial charge in [0.2, 0.25) is 11.8 Å². The van der Waals surface area contributed by atoms with Crippen LogP contribution in [0.15, 0.2) is 47.6 Å². The number of amides is 2. The van der Waals surface area contributed by atoms with Crippen LogP contribution in [0.25, 0.3) is 17.1 Å². The quantitative estimate of drug-likeness (QED) is 0.534.